The van der Waals surface area contributed by atoms with Crippen LogP contribution in [0.3, 0.4) is 0 Å². The van der Waals surface area contributed by atoms with Crippen molar-refractivity contribution in [2.45, 2.75) is 32.1 Å². The molecule has 2 N–H and O–H groups in total. The first-order valence-electron chi connectivity index (χ1n) is 8.48. The first kappa shape index (κ1) is 20.0. The van der Waals surface area contributed by atoms with Gasteiger partial charge in [-0.1, -0.05) is 0 Å². The van der Waals surface area contributed by atoms with Gasteiger partial charge in [0.1, 0.15) is 0 Å². The molecule has 2 aliphatic rings. The van der Waals surface area contributed by atoms with E-state index in [9.17, 15) is 0 Å². The molecule has 0 aromatic rings. The highest BCUT2D eigenvalue weighted by molar-refractivity contribution is 14.0. The maximum absolute atomic E-state index is 5.63. The Morgan fingerprint density at radius 1 is 1.14 bits per heavy atom. The van der Waals surface area contributed by atoms with Crippen LogP contribution in [0.2, 0.25) is 0 Å². The number of rotatable bonds is 8. The van der Waals surface area contributed by atoms with E-state index in [1.807, 2.05) is 7.05 Å². The molecule has 0 amide bonds. The van der Waals surface area contributed by atoms with Crippen molar-refractivity contribution in [2.75, 3.05) is 53.5 Å². The molecule has 0 unspecified atom stereocenters. The first-order valence-corrected chi connectivity index (χ1v) is 8.48. The van der Waals surface area contributed by atoms with Gasteiger partial charge in [-0.25, -0.2) is 0 Å². The third-order valence-corrected chi connectivity index (χ3v) is 4.43. The van der Waals surface area contributed by atoms with Gasteiger partial charge in [0.2, 0.25) is 0 Å². The van der Waals surface area contributed by atoms with Crippen LogP contribution in [0, 0.1) is 11.8 Å². The molecule has 1 saturated heterocycles. The van der Waals surface area contributed by atoms with E-state index < -0.39 is 0 Å². The molecule has 1 saturated carbocycles. The molecule has 2 rings (SSSR count). The number of halogens is 1. The van der Waals surface area contributed by atoms with Gasteiger partial charge in [0.25, 0.3) is 0 Å². The molecule has 2 fully saturated rings. The molecular formula is C16H33IN4O. The van der Waals surface area contributed by atoms with Gasteiger partial charge in [-0.2, -0.15) is 0 Å². The average molecular weight is 424 g/mol. The zero-order valence-electron chi connectivity index (χ0n) is 14.1. The average Bonchev–Trinajstić information content (AvgIpc) is 3.31. The summed E-state index contributed by atoms with van der Waals surface area (Å²) in [5.41, 5.74) is 0. The number of nitrogens with one attached hydrogen (secondary N) is 2. The van der Waals surface area contributed by atoms with Crippen LogP contribution >= 0.6 is 24.0 Å². The van der Waals surface area contributed by atoms with Gasteiger partial charge in [0, 0.05) is 33.4 Å². The van der Waals surface area contributed by atoms with E-state index in [1.54, 1.807) is 0 Å². The minimum absolute atomic E-state index is 0. The van der Waals surface area contributed by atoms with E-state index >= 15 is 0 Å². The molecule has 130 valence electrons. The topological polar surface area (TPSA) is 48.9 Å². The van der Waals surface area contributed by atoms with Crippen LogP contribution < -0.4 is 10.6 Å². The second-order valence-corrected chi connectivity index (χ2v) is 6.50. The van der Waals surface area contributed by atoms with Gasteiger partial charge in [-0.3, -0.25) is 4.99 Å². The van der Waals surface area contributed by atoms with E-state index in [0.717, 1.165) is 50.5 Å². The zero-order valence-corrected chi connectivity index (χ0v) is 16.5. The second-order valence-electron chi connectivity index (χ2n) is 6.50. The van der Waals surface area contributed by atoms with Gasteiger partial charge < -0.3 is 20.3 Å². The summed E-state index contributed by atoms with van der Waals surface area (Å²) in [6.45, 7) is 6.22. The van der Waals surface area contributed by atoms with Gasteiger partial charge in [-0.05, 0) is 64.1 Å². The minimum Gasteiger partial charge on any atom is -0.381 e. The first-order chi connectivity index (χ1) is 10.3. The molecule has 1 aliphatic heterocycles. The Morgan fingerprint density at radius 3 is 2.50 bits per heavy atom. The summed E-state index contributed by atoms with van der Waals surface area (Å²) in [4.78, 5) is 6.69. The van der Waals surface area contributed by atoms with E-state index in [-0.39, 0.29) is 24.0 Å². The van der Waals surface area contributed by atoms with Gasteiger partial charge in [0.15, 0.2) is 5.96 Å². The Kier molecular flexibility index (Phi) is 10.4. The monoisotopic (exact) mass is 424 g/mol. The third kappa shape index (κ3) is 8.53. The van der Waals surface area contributed by atoms with Crippen molar-refractivity contribution >= 4 is 29.9 Å². The summed E-state index contributed by atoms with van der Waals surface area (Å²) < 4.78 is 5.63. The summed E-state index contributed by atoms with van der Waals surface area (Å²) >= 11 is 0. The second kappa shape index (κ2) is 11.5. The van der Waals surface area contributed by atoms with Crippen molar-refractivity contribution in [2.24, 2.45) is 16.8 Å². The van der Waals surface area contributed by atoms with Crippen molar-refractivity contribution < 1.29 is 4.74 Å². The van der Waals surface area contributed by atoms with Crippen LogP contribution in [0.25, 0.3) is 0 Å². The third-order valence-electron chi connectivity index (χ3n) is 4.43. The van der Waals surface area contributed by atoms with E-state index in [2.05, 4.69) is 27.6 Å². The zero-order chi connectivity index (χ0) is 14.9. The molecule has 1 heterocycles. The molecule has 22 heavy (non-hydrogen) atoms. The fraction of sp³-hybridized carbons (Fsp3) is 0.938. The fourth-order valence-electron chi connectivity index (χ4n) is 2.64. The van der Waals surface area contributed by atoms with Gasteiger partial charge >= 0.3 is 0 Å². The smallest absolute Gasteiger partial charge is 0.190 e. The van der Waals surface area contributed by atoms with Gasteiger partial charge in [-0.15, -0.1) is 24.0 Å². The van der Waals surface area contributed by atoms with Crippen LogP contribution in [0.15, 0.2) is 4.99 Å². The lowest BCUT2D eigenvalue weighted by atomic mass is 9.97. The van der Waals surface area contributed by atoms with Crippen molar-refractivity contribution in [1.82, 2.24) is 15.5 Å². The lowest BCUT2D eigenvalue weighted by Gasteiger charge is -2.29. The summed E-state index contributed by atoms with van der Waals surface area (Å²) in [5.74, 6) is 2.57. The molecule has 0 bridgehead atoms. The number of ether oxygens (including phenoxy) is 1. The predicted molar refractivity (Wildman–Crippen MR) is 103 cm³/mol. The van der Waals surface area contributed by atoms with Crippen LogP contribution in [0.1, 0.15) is 32.1 Å². The highest BCUT2D eigenvalue weighted by atomic mass is 127. The van der Waals surface area contributed by atoms with Crippen LogP contribution in [0.4, 0.5) is 0 Å². The van der Waals surface area contributed by atoms with Crippen LogP contribution in [-0.4, -0.2) is 64.3 Å². The highest BCUT2D eigenvalue weighted by Gasteiger charge is 2.20. The molecule has 0 atom stereocenters. The SMILES string of the molecule is CN=C(NCCCOCC1CC1)NCC1CCN(C)CC1.I. The van der Waals surface area contributed by atoms with Gasteiger partial charge in [0.05, 0.1) is 0 Å². The van der Waals surface area contributed by atoms with Crippen molar-refractivity contribution in [3.8, 4) is 0 Å². The number of nitrogens with zero attached hydrogens (tertiary/aromatic N) is 2. The Labute approximate surface area is 152 Å². The summed E-state index contributed by atoms with van der Waals surface area (Å²) in [6, 6.07) is 0. The predicted octanol–water partition coefficient (Wildman–Crippen LogP) is 1.93. The fourth-order valence-corrected chi connectivity index (χ4v) is 2.64. The van der Waals surface area contributed by atoms with E-state index in [0.29, 0.717) is 0 Å². The lowest BCUT2D eigenvalue weighted by Crippen LogP contribution is -2.42. The van der Waals surface area contributed by atoms with E-state index in [4.69, 9.17) is 4.74 Å². The van der Waals surface area contributed by atoms with Crippen LogP contribution in [0.5, 0.6) is 0 Å². The molecule has 0 aromatic heterocycles. The Balaban J connectivity index is 0.00000242. The number of guanidine groups is 1. The highest BCUT2D eigenvalue weighted by Crippen LogP contribution is 2.28. The Hall–Kier alpha value is -0.0800. The van der Waals surface area contributed by atoms with E-state index in [1.165, 1.54) is 38.8 Å². The molecule has 0 spiro atoms. The number of hydrogen-bond acceptors (Lipinski definition) is 3. The number of hydrogen-bond donors (Lipinski definition) is 2. The molecule has 0 aromatic carbocycles. The number of likely N-dealkylation sites (tertiary alicyclic amines) is 1. The maximum Gasteiger partial charge on any atom is 0.190 e. The van der Waals surface area contributed by atoms with Crippen LogP contribution in [-0.2, 0) is 4.74 Å². The van der Waals surface area contributed by atoms with Crippen molar-refractivity contribution in [1.29, 1.82) is 0 Å². The lowest BCUT2D eigenvalue weighted by molar-refractivity contribution is 0.123. The van der Waals surface area contributed by atoms with Crippen molar-refractivity contribution in [3.63, 3.8) is 0 Å². The molecule has 0 radical (unpaired) electrons. The molecule has 1 aliphatic carbocycles. The summed E-state index contributed by atoms with van der Waals surface area (Å²) in [6.07, 6.45) is 6.35. The minimum atomic E-state index is 0. The normalized spacial score (nSPS) is 20.5. The molecule has 6 heteroatoms. The quantitative estimate of drug-likeness (QED) is 0.271. The maximum atomic E-state index is 5.63. The Bertz CT molecular complexity index is 315. The summed E-state index contributed by atoms with van der Waals surface area (Å²) in [7, 11) is 4.04. The summed E-state index contributed by atoms with van der Waals surface area (Å²) in [5, 5.41) is 6.82. The number of piperidine rings is 1. The Morgan fingerprint density at radius 2 is 1.86 bits per heavy atom. The molecule has 5 nitrogen and oxygen atoms in total. The number of aliphatic imine (C=N–C) groups is 1. The largest absolute Gasteiger partial charge is 0.381 e. The van der Waals surface area contributed by atoms with Crippen molar-refractivity contribution in [3.05, 3.63) is 0 Å². The molecular weight excluding hydrogens is 391 g/mol. The standard InChI is InChI=1S/C16H32N4O.HI/c1-17-16(18-8-3-11-21-13-15-4-5-15)19-12-14-6-9-20(2)10-7-14;/h14-15H,3-13H2,1-2H3,(H2,17,18,19);1H.